The van der Waals surface area contributed by atoms with Crippen LogP contribution in [0, 0.1) is 12.8 Å². The van der Waals surface area contributed by atoms with Crippen LogP contribution >= 0.6 is 0 Å². The lowest BCUT2D eigenvalue weighted by molar-refractivity contribution is -0.193. The number of halogens is 6. The zero-order valence-corrected chi connectivity index (χ0v) is 24.4. The van der Waals surface area contributed by atoms with Crippen molar-refractivity contribution in [2.75, 3.05) is 24.5 Å². The Hall–Kier alpha value is -4.63. The highest BCUT2D eigenvalue weighted by molar-refractivity contribution is 5.92. The number of carbonyl (C=O) groups is 3. The number of carboxylic acids is 2. The molecule has 5 rings (SSSR count). The van der Waals surface area contributed by atoms with E-state index in [1.807, 2.05) is 42.3 Å². The number of rotatable bonds is 4. The van der Waals surface area contributed by atoms with Crippen LogP contribution in [0.5, 0.6) is 0 Å². The van der Waals surface area contributed by atoms with E-state index in [-0.39, 0.29) is 11.4 Å². The normalized spacial score (nSPS) is 17.1. The largest absolute Gasteiger partial charge is 0.490 e. The number of anilines is 1. The highest BCUT2D eigenvalue weighted by Crippen LogP contribution is 2.47. The quantitative estimate of drug-likeness (QED) is 0.360. The molecule has 16 heteroatoms. The minimum Gasteiger partial charge on any atom is -0.475 e. The monoisotopic (exact) mass is 643 g/mol. The summed E-state index contributed by atoms with van der Waals surface area (Å²) >= 11 is 0. The fourth-order valence-electron chi connectivity index (χ4n) is 5.04. The van der Waals surface area contributed by atoms with Crippen molar-refractivity contribution in [3.05, 3.63) is 71.9 Å². The average Bonchev–Trinajstić information content (AvgIpc) is 3.61. The number of amides is 1. The molecule has 45 heavy (non-hydrogen) atoms. The molecule has 1 unspecified atom stereocenters. The number of carboxylic acid groups (broad SMARTS) is 2. The van der Waals surface area contributed by atoms with Crippen LogP contribution < -0.4 is 4.90 Å². The number of carbonyl (C=O) groups excluding carboxylic acids is 1. The molecule has 2 aliphatic heterocycles. The van der Waals surface area contributed by atoms with Crippen LogP contribution in [0.4, 0.5) is 32.0 Å². The van der Waals surface area contributed by atoms with E-state index in [9.17, 15) is 31.1 Å². The van der Waals surface area contributed by atoms with Crippen molar-refractivity contribution >= 4 is 23.5 Å². The van der Waals surface area contributed by atoms with Gasteiger partial charge in [-0.1, -0.05) is 19.9 Å². The Labute approximate surface area is 253 Å². The van der Waals surface area contributed by atoms with E-state index in [0.29, 0.717) is 24.7 Å². The second-order valence-electron chi connectivity index (χ2n) is 10.7. The predicted molar refractivity (Wildman–Crippen MR) is 149 cm³/mol. The Morgan fingerprint density at radius 3 is 2.13 bits per heavy atom. The molecule has 0 bridgehead atoms. The zero-order chi connectivity index (χ0) is 33.7. The highest BCUT2D eigenvalue weighted by atomic mass is 19.4. The van der Waals surface area contributed by atoms with E-state index >= 15 is 0 Å². The van der Waals surface area contributed by atoms with E-state index in [0.717, 1.165) is 36.6 Å². The molecule has 0 radical (unpaired) electrons. The molecule has 5 heterocycles. The number of aliphatic carboxylic acids is 2. The molecule has 0 saturated carbocycles. The summed E-state index contributed by atoms with van der Waals surface area (Å²) < 4.78 is 65.7. The summed E-state index contributed by atoms with van der Waals surface area (Å²) in [4.78, 5) is 44.8. The van der Waals surface area contributed by atoms with Crippen LogP contribution in [0.15, 0.2) is 54.9 Å². The van der Waals surface area contributed by atoms with Gasteiger partial charge in [0.05, 0.1) is 11.4 Å². The van der Waals surface area contributed by atoms with Gasteiger partial charge in [0.25, 0.3) is 5.91 Å². The van der Waals surface area contributed by atoms with Crippen LogP contribution in [-0.2, 0) is 15.1 Å². The van der Waals surface area contributed by atoms with Gasteiger partial charge in [0, 0.05) is 37.7 Å². The van der Waals surface area contributed by atoms with Crippen molar-refractivity contribution in [1.82, 2.24) is 19.4 Å². The molecule has 1 fully saturated rings. The molecule has 10 nitrogen and oxygen atoms in total. The summed E-state index contributed by atoms with van der Waals surface area (Å²) in [6, 6.07) is 14.1. The van der Waals surface area contributed by atoms with Crippen LogP contribution in [-0.4, -0.2) is 79.5 Å². The number of aryl methyl sites for hydroxylation is 1. The van der Waals surface area contributed by atoms with Gasteiger partial charge in [0.1, 0.15) is 11.2 Å². The van der Waals surface area contributed by atoms with Gasteiger partial charge in [-0.15, -0.1) is 0 Å². The van der Waals surface area contributed by atoms with Crippen LogP contribution in [0.2, 0.25) is 0 Å². The third-order valence-electron chi connectivity index (χ3n) is 7.08. The molecule has 3 aromatic rings. The van der Waals surface area contributed by atoms with E-state index in [4.69, 9.17) is 24.8 Å². The second-order valence-corrected chi connectivity index (χ2v) is 10.7. The summed E-state index contributed by atoms with van der Waals surface area (Å²) in [5.41, 5.74) is 3.50. The number of pyridine rings is 2. The van der Waals surface area contributed by atoms with Crippen molar-refractivity contribution in [2.24, 2.45) is 5.92 Å². The van der Waals surface area contributed by atoms with Gasteiger partial charge in [0.2, 0.25) is 0 Å². The van der Waals surface area contributed by atoms with E-state index in [1.54, 1.807) is 0 Å². The lowest BCUT2D eigenvalue weighted by Crippen LogP contribution is -2.53. The number of aromatic nitrogens is 3. The summed E-state index contributed by atoms with van der Waals surface area (Å²) in [5, 5.41) is 14.2. The third-order valence-corrected chi connectivity index (χ3v) is 7.08. The first-order valence-electron chi connectivity index (χ1n) is 13.6. The Balaban J connectivity index is 0.000000331. The fraction of sp³-hybridized carbons (Fsp3) is 0.414. The van der Waals surface area contributed by atoms with Crippen molar-refractivity contribution in [3.8, 4) is 5.82 Å². The Bertz CT molecular complexity index is 1500. The molecule has 2 aliphatic rings. The lowest BCUT2D eigenvalue weighted by atomic mass is 9.88. The van der Waals surface area contributed by atoms with E-state index in [2.05, 4.69) is 52.7 Å². The molecular formula is C29H31F6N5O5. The van der Waals surface area contributed by atoms with Crippen molar-refractivity contribution in [1.29, 1.82) is 0 Å². The molecule has 1 spiro atoms. The Morgan fingerprint density at radius 1 is 0.956 bits per heavy atom. The third kappa shape index (κ3) is 8.10. The lowest BCUT2D eigenvalue weighted by Gasteiger charge is -2.47. The topological polar surface area (TPSA) is 129 Å². The highest BCUT2D eigenvalue weighted by Gasteiger charge is 2.51. The predicted octanol–water partition coefficient (Wildman–Crippen LogP) is 5.45. The number of alkyl halides is 6. The van der Waals surface area contributed by atoms with E-state index < -0.39 is 24.3 Å². The smallest absolute Gasteiger partial charge is 0.475 e. The molecule has 1 atom stereocenters. The van der Waals surface area contributed by atoms with Crippen molar-refractivity contribution < 1.29 is 50.9 Å². The minimum absolute atomic E-state index is 0.0134. The SMILES string of the molecule is Cc1cccc(C(=O)N2CCC3(C2)c2cccn2-c2ncccc2N3CCC(C)C)n1.O=C(O)C(F)(F)F.O=C(O)C(F)(F)F. The first kappa shape index (κ1) is 34.9. The van der Waals surface area contributed by atoms with Crippen LogP contribution in [0.3, 0.4) is 0 Å². The van der Waals surface area contributed by atoms with Crippen molar-refractivity contribution in [2.45, 2.75) is 51.5 Å². The molecule has 1 saturated heterocycles. The number of hydrogen-bond acceptors (Lipinski definition) is 6. The summed E-state index contributed by atoms with van der Waals surface area (Å²) in [6.45, 7) is 8.75. The Kier molecular flexibility index (Phi) is 10.5. The number of hydrogen-bond donors (Lipinski definition) is 2. The van der Waals surface area contributed by atoms with Gasteiger partial charge >= 0.3 is 24.3 Å². The zero-order valence-electron chi connectivity index (χ0n) is 24.4. The minimum atomic E-state index is -5.08. The molecule has 0 aromatic carbocycles. The summed E-state index contributed by atoms with van der Waals surface area (Å²) in [5.74, 6) is -3.93. The van der Waals surface area contributed by atoms with Gasteiger partial charge in [0.15, 0.2) is 5.82 Å². The maximum Gasteiger partial charge on any atom is 0.490 e. The van der Waals surface area contributed by atoms with Gasteiger partial charge in [-0.05, 0) is 62.1 Å². The van der Waals surface area contributed by atoms with E-state index in [1.165, 1.54) is 5.69 Å². The summed E-state index contributed by atoms with van der Waals surface area (Å²) in [6.07, 6.45) is -4.24. The van der Waals surface area contributed by atoms with Gasteiger partial charge in [-0.25, -0.2) is 19.6 Å². The average molecular weight is 644 g/mol. The standard InChI is InChI=1S/C25H29N5O.2C2HF3O2/c1-18(2)11-15-30-21-9-5-13-26-23(21)29-14-6-10-22(29)25(30)12-16-28(17-25)24(31)20-8-4-7-19(3)27-20;2*3-2(4,5)1(6)7/h4-10,13-14,18H,11-12,15-17H2,1-3H3;2*(H,6,7). The molecular weight excluding hydrogens is 612 g/mol. The first-order valence-corrected chi connectivity index (χ1v) is 13.6. The second kappa shape index (κ2) is 13.6. The fourth-order valence-corrected chi connectivity index (χ4v) is 5.04. The van der Waals surface area contributed by atoms with Gasteiger partial charge in [-0.2, -0.15) is 26.3 Å². The maximum absolute atomic E-state index is 13.3. The number of nitrogens with zero attached hydrogens (tertiary/aromatic N) is 5. The number of fused-ring (bicyclic) bond motifs is 4. The molecule has 2 N–H and O–H groups in total. The Morgan fingerprint density at radius 2 is 1.58 bits per heavy atom. The van der Waals surface area contributed by atoms with Crippen LogP contribution in [0.1, 0.15) is 48.6 Å². The van der Waals surface area contributed by atoms with Crippen molar-refractivity contribution in [3.63, 3.8) is 0 Å². The molecule has 244 valence electrons. The molecule has 0 aliphatic carbocycles. The summed E-state index contributed by atoms with van der Waals surface area (Å²) in [7, 11) is 0. The van der Waals surface area contributed by atoms with Gasteiger partial charge < -0.3 is 24.6 Å². The first-order chi connectivity index (χ1) is 20.9. The molecule has 3 aromatic heterocycles. The van der Waals surface area contributed by atoms with Gasteiger partial charge in [-0.3, -0.25) is 4.79 Å². The van der Waals surface area contributed by atoms with Crippen LogP contribution in [0.25, 0.3) is 5.82 Å². The number of likely N-dealkylation sites (tertiary alicyclic amines) is 1. The molecule has 1 amide bonds. The maximum atomic E-state index is 13.3.